The third-order valence-corrected chi connectivity index (χ3v) is 5.55. The van der Waals surface area contributed by atoms with Gasteiger partial charge in [-0.15, -0.1) is 10.2 Å². The monoisotopic (exact) mass is 350 g/mol. The fourth-order valence-corrected chi connectivity index (χ4v) is 4.34. The molecule has 3 aromatic rings. The number of likely N-dealkylation sites (tertiary alicyclic amines) is 1. The molecule has 2 unspecified atom stereocenters. The molecule has 0 radical (unpaired) electrons. The van der Waals surface area contributed by atoms with Crippen molar-refractivity contribution in [1.82, 2.24) is 34.7 Å². The second-order valence-electron chi connectivity index (χ2n) is 7.51. The van der Waals surface area contributed by atoms with Crippen LogP contribution in [-0.4, -0.2) is 60.9 Å². The highest BCUT2D eigenvalue weighted by atomic mass is 15.4. The van der Waals surface area contributed by atoms with E-state index in [1.165, 1.54) is 0 Å². The van der Waals surface area contributed by atoms with E-state index in [4.69, 9.17) is 0 Å². The largest absolute Gasteiger partial charge is 0.356 e. The molecule has 2 saturated heterocycles. The van der Waals surface area contributed by atoms with Gasteiger partial charge in [-0.3, -0.25) is 4.90 Å². The van der Waals surface area contributed by atoms with Crippen molar-refractivity contribution in [3.63, 3.8) is 0 Å². The first-order valence-corrected chi connectivity index (χ1v) is 9.09. The Morgan fingerprint density at radius 2 is 1.85 bits per heavy atom. The van der Waals surface area contributed by atoms with Gasteiger partial charge in [-0.25, -0.2) is 9.97 Å². The Kier molecular flexibility index (Phi) is 3.59. The average molecular weight is 350 g/mol. The van der Waals surface area contributed by atoms with Gasteiger partial charge < -0.3 is 4.90 Å². The van der Waals surface area contributed by atoms with E-state index in [2.05, 4.69) is 42.0 Å². The summed E-state index contributed by atoms with van der Waals surface area (Å²) in [4.78, 5) is 13.5. The van der Waals surface area contributed by atoms with Crippen molar-refractivity contribution in [2.45, 2.75) is 20.4 Å². The maximum atomic E-state index is 4.55. The van der Waals surface area contributed by atoms with Crippen LogP contribution in [0.15, 0.2) is 24.7 Å². The highest BCUT2D eigenvalue weighted by Crippen LogP contribution is 2.34. The van der Waals surface area contributed by atoms with Gasteiger partial charge in [0.2, 0.25) is 0 Å². The third-order valence-electron chi connectivity index (χ3n) is 5.55. The molecule has 8 heteroatoms. The lowest BCUT2D eigenvalue weighted by atomic mass is 10.0. The van der Waals surface area contributed by atoms with Gasteiger partial charge in [0, 0.05) is 37.9 Å². The number of hydrogen-bond donors (Lipinski definition) is 0. The number of anilines is 1. The molecule has 2 atom stereocenters. The summed E-state index contributed by atoms with van der Waals surface area (Å²) in [5, 5.41) is 13.1. The molecule has 0 amide bonds. The molecule has 26 heavy (non-hydrogen) atoms. The molecule has 2 aliphatic rings. The van der Waals surface area contributed by atoms with Crippen LogP contribution in [0.5, 0.6) is 0 Å². The third kappa shape index (κ3) is 2.61. The number of aryl methyl sites for hydroxylation is 2. The molecule has 2 aliphatic heterocycles. The second-order valence-corrected chi connectivity index (χ2v) is 7.51. The molecule has 0 aromatic carbocycles. The Morgan fingerprint density at radius 1 is 1.04 bits per heavy atom. The van der Waals surface area contributed by atoms with E-state index >= 15 is 0 Å². The van der Waals surface area contributed by atoms with Crippen molar-refractivity contribution in [2.75, 3.05) is 31.1 Å². The molecule has 0 bridgehead atoms. The van der Waals surface area contributed by atoms with Crippen LogP contribution in [0.3, 0.4) is 0 Å². The Balaban J connectivity index is 1.28. The molecular weight excluding hydrogens is 328 g/mol. The van der Waals surface area contributed by atoms with E-state index < -0.39 is 0 Å². The quantitative estimate of drug-likeness (QED) is 0.700. The summed E-state index contributed by atoms with van der Waals surface area (Å²) in [6.07, 6.45) is 3.54. The van der Waals surface area contributed by atoms with Gasteiger partial charge in [0.25, 0.3) is 0 Å². The van der Waals surface area contributed by atoms with Crippen LogP contribution in [0.1, 0.15) is 17.1 Å². The van der Waals surface area contributed by atoms with Crippen LogP contribution >= 0.6 is 0 Å². The van der Waals surface area contributed by atoms with Crippen LogP contribution in [0.4, 0.5) is 5.82 Å². The highest BCUT2D eigenvalue weighted by molar-refractivity contribution is 5.46. The maximum absolute atomic E-state index is 4.55. The average Bonchev–Trinajstić information content (AvgIpc) is 3.29. The topological polar surface area (TPSA) is 75.3 Å². The molecular formula is C18H22N8. The zero-order valence-corrected chi connectivity index (χ0v) is 15.1. The lowest BCUT2D eigenvalue weighted by molar-refractivity contribution is 0.298. The van der Waals surface area contributed by atoms with Crippen LogP contribution in [-0.2, 0) is 6.54 Å². The lowest BCUT2D eigenvalue weighted by Crippen LogP contribution is -2.30. The molecule has 2 fully saturated rings. The summed E-state index contributed by atoms with van der Waals surface area (Å²) in [5.41, 5.74) is 2.95. The number of aromatic nitrogens is 6. The van der Waals surface area contributed by atoms with Gasteiger partial charge in [-0.2, -0.15) is 9.61 Å². The minimum absolute atomic E-state index is 0.679. The summed E-state index contributed by atoms with van der Waals surface area (Å²) in [5.74, 6) is 3.37. The van der Waals surface area contributed by atoms with Gasteiger partial charge in [0.15, 0.2) is 11.5 Å². The van der Waals surface area contributed by atoms with E-state index in [1.807, 2.05) is 29.8 Å². The van der Waals surface area contributed by atoms with Crippen molar-refractivity contribution in [3.05, 3.63) is 41.7 Å². The van der Waals surface area contributed by atoms with Crippen molar-refractivity contribution in [2.24, 2.45) is 11.8 Å². The van der Waals surface area contributed by atoms with Crippen LogP contribution < -0.4 is 4.90 Å². The number of hydrogen-bond acceptors (Lipinski definition) is 7. The smallest absolute Gasteiger partial charge is 0.177 e. The van der Waals surface area contributed by atoms with E-state index in [-0.39, 0.29) is 0 Å². The summed E-state index contributed by atoms with van der Waals surface area (Å²) in [7, 11) is 0. The number of rotatable bonds is 3. The Hall–Kier alpha value is -2.61. The SMILES string of the molecule is Cc1ccc2nnc(CN3CC4CN(c5ncncc5C)CC4C3)n2n1. The van der Waals surface area contributed by atoms with Gasteiger partial charge in [0.1, 0.15) is 12.1 Å². The zero-order chi connectivity index (χ0) is 17.7. The van der Waals surface area contributed by atoms with E-state index in [1.54, 1.807) is 6.33 Å². The summed E-state index contributed by atoms with van der Waals surface area (Å²) in [6, 6.07) is 3.94. The lowest BCUT2D eigenvalue weighted by Gasteiger charge is -2.22. The molecule has 3 aromatic heterocycles. The van der Waals surface area contributed by atoms with Gasteiger partial charge in [-0.1, -0.05) is 0 Å². The normalized spacial score (nSPS) is 23.1. The summed E-state index contributed by atoms with van der Waals surface area (Å²) in [6.45, 7) is 9.19. The maximum Gasteiger partial charge on any atom is 0.177 e. The minimum Gasteiger partial charge on any atom is -0.356 e. The van der Waals surface area contributed by atoms with Gasteiger partial charge in [-0.05, 0) is 37.8 Å². The van der Waals surface area contributed by atoms with Crippen molar-refractivity contribution < 1.29 is 0 Å². The first kappa shape index (κ1) is 15.6. The molecule has 0 N–H and O–H groups in total. The van der Waals surface area contributed by atoms with Crippen molar-refractivity contribution >= 4 is 11.5 Å². The number of fused-ring (bicyclic) bond motifs is 2. The van der Waals surface area contributed by atoms with Gasteiger partial charge in [0.05, 0.1) is 12.2 Å². The van der Waals surface area contributed by atoms with Gasteiger partial charge >= 0.3 is 0 Å². The Bertz CT molecular complexity index is 937. The molecule has 8 nitrogen and oxygen atoms in total. The fourth-order valence-electron chi connectivity index (χ4n) is 4.34. The molecule has 0 aliphatic carbocycles. The molecule has 0 saturated carbocycles. The molecule has 0 spiro atoms. The van der Waals surface area contributed by atoms with Crippen LogP contribution in [0.2, 0.25) is 0 Å². The number of nitrogens with zero attached hydrogens (tertiary/aromatic N) is 8. The highest BCUT2D eigenvalue weighted by Gasteiger charge is 2.40. The molecule has 134 valence electrons. The Labute approximate surface area is 151 Å². The Morgan fingerprint density at radius 3 is 2.62 bits per heavy atom. The fraction of sp³-hybridized carbons (Fsp3) is 0.500. The molecule has 5 heterocycles. The van der Waals surface area contributed by atoms with Crippen molar-refractivity contribution in [1.29, 1.82) is 0 Å². The van der Waals surface area contributed by atoms with E-state index in [0.717, 1.165) is 61.3 Å². The summed E-state index contributed by atoms with van der Waals surface area (Å²) < 4.78 is 1.87. The van der Waals surface area contributed by atoms with Crippen molar-refractivity contribution in [3.8, 4) is 0 Å². The van der Waals surface area contributed by atoms with Crippen LogP contribution in [0.25, 0.3) is 5.65 Å². The predicted molar refractivity (Wildman–Crippen MR) is 96.8 cm³/mol. The van der Waals surface area contributed by atoms with Crippen LogP contribution in [0, 0.1) is 25.7 Å². The van der Waals surface area contributed by atoms with E-state index in [0.29, 0.717) is 11.8 Å². The minimum atomic E-state index is 0.679. The zero-order valence-electron chi connectivity index (χ0n) is 15.1. The second kappa shape index (κ2) is 5.98. The predicted octanol–water partition coefficient (Wildman–Crippen LogP) is 1.10. The first-order valence-electron chi connectivity index (χ1n) is 9.09. The molecule has 5 rings (SSSR count). The standard InChI is InChI=1S/C18H22N8/c1-12-5-19-11-20-18(12)25-8-14-6-24(7-15(14)9-25)10-17-22-21-16-4-3-13(2)23-26(16)17/h3-5,11,14-15H,6-10H2,1-2H3. The summed E-state index contributed by atoms with van der Waals surface area (Å²) >= 11 is 0. The van der Waals surface area contributed by atoms with E-state index in [9.17, 15) is 0 Å². The first-order chi connectivity index (χ1) is 12.7.